The Morgan fingerprint density at radius 3 is 3.12 bits per heavy atom. The third-order valence-electron chi connectivity index (χ3n) is 3.00. The van der Waals surface area contributed by atoms with Crippen molar-refractivity contribution in [3.63, 3.8) is 0 Å². The number of nitrogens with zero attached hydrogens (tertiary/aromatic N) is 1. The van der Waals surface area contributed by atoms with Gasteiger partial charge in [-0.05, 0) is 31.5 Å². The maximum absolute atomic E-state index is 11.9. The number of hydrogen-bond donors (Lipinski definition) is 2. The summed E-state index contributed by atoms with van der Waals surface area (Å²) in [7, 11) is 1.64. The first-order valence-corrected chi connectivity index (χ1v) is 5.85. The zero-order valence-corrected chi connectivity index (χ0v) is 9.90. The third-order valence-corrected chi connectivity index (χ3v) is 3.00. The molecule has 1 saturated heterocycles. The number of piperidine rings is 1. The van der Waals surface area contributed by atoms with Crippen LogP contribution < -0.4 is 16.2 Å². The van der Waals surface area contributed by atoms with Crippen LogP contribution in [0.5, 0.6) is 0 Å². The zero-order chi connectivity index (χ0) is 12.3. The molecule has 1 fully saturated rings. The van der Waals surface area contributed by atoms with Gasteiger partial charge in [-0.2, -0.15) is 0 Å². The molecule has 0 aromatic carbocycles. The summed E-state index contributed by atoms with van der Waals surface area (Å²) in [6.45, 7) is 1.78. The van der Waals surface area contributed by atoms with Crippen molar-refractivity contribution in [3.8, 4) is 0 Å². The van der Waals surface area contributed by atoms with Crippen molar-refractivity contribution in [1.29, 1.82) is 0 Å². The number of carbonyl (C=O) groups excluding carboxylic acids is 1. The molecule has 0 bridgehead atoms. The van der Waals surface area contributed by atoms with Gasteiger partial charge in [0, 0.05) is 25.8 Å². The SMILES string of the molecule is Cn1cccc(C(=O)N[C@H]2CCCNC2)c1=O. The summed E-state index contributed by atoms with van der Waals surface area (Å²) in [5.41, 5.74) is -0.0469. The van der Waals surface area contributed by atoms with Gasteiger partial charge < -0.3 is 15.2 Å². The Balaban J connectivity index is 2.09. The first-order chi connectivity index (χ1) is 8.18. The van der Waals surface area contributed by atoms with Gasteiger partial charge in [0.25, 0.3) is 11.5 Å². The van der Waals surface area contributed by atoms with Crippen LogP contribution in [-0.2, 0) is 7.05 Å². The van der Waals surface area contributed by atoms with Gasteiger partial charge in [-0.3, -0.25) is 9.59 Å². The summed E-state index contributed by atoms with van der Waals surface area (Å²) < 4.78 is 1.41. The van der Waals surface area contributed by atoms with Gasteiger partial charge in [-0.1, -0.05) is 0 Å². The number of pyridine rings is 1. The molecule has 1 aliphatic rings. The molecule has 1 atom stereocenters. The monoisotopic (exact) mass is 235 g/mol. The molecule has 1 amide bonds. The minimum Gasteiger partial charge on any atom is -0.348 e. The van der Waals surface area contributed by atoms with Crippen molar-refractivity contribution in [2.24, 2.45) is 7.05 Å². The van der Waals surface area contributed by atoms with E-state index in [4.69, 9.17) is 0 Å². The maximum Gasteiger partial charge on any atom is 0.263 e. The molecule has 1 aromatic rings. The lowest BCUT2D eigenvalue weighted by Gasteiger charge is -2.23. The number of carbonyl (C=O) groups is 1. The van der Waals surface area contributed by atoms with E-state index in [1.807, 2.05) is 0 Å². The molecule has 0 unspecified atom stereocenters. The van der Waals surface area contributed by atoms with Crippen LogP contribution in [0.1, 0.15) is 23.2 Å². The van der Waals surface area contributed by atoms with Crippen molar-refractivity contribution < 1.29 is 4.79 Å². The van der Waals surface area contributed by atoms with E-state index in [0.717, 1.165) is 25.9 Å². The molecular formula is C12H17N3O2. The summed E-state index contributed by atoms with van der Waals surface area (Å²) >= 11 is 0. The van der Waals surface area contributed by atoms with E-state index in [1.165, 1.54) is 4.57 Å². The summed E-state index contributed by atoms with van der Waals surface area (Å²) in [5.74, 6) is -0.278. The Morgan fingerprint density at radius 2 is 2.41 bits per heavy atom. The molecule has 1 aromatic heterocycles. The predicted molar refractivity (Wildman–Crippen MR) is 65.0 cm³/mol. The van der Waals surface area contributed by atoms with Crippen LogP contribution in [0.4, 0.5) is 0 Å². The van der Waals surface area contributed by atoms with Gasteiger partial charge in [0.1, 0.15) is 5.56 Å². The fraction of sp³-hybridized carbons (Fsp3) is 0.500. The highest BCUT2D eigenvalue weighted by atomic mass is 16.2. The number of amides is 1. The average molecular weight is 235 g/mol. The maximum atomic E-state index is 11.9. The fourth-order valence-electron chi connectivity index (χ4n) is 2.01. The number of nitrogens with one attached hydrogen (secondary N) is 2. The number of hydrogen-bond acceptors (Lipinski definition) is 3. The summed E-state index contributed by atoms with van der Waals surface area (Å²) in [5, 5.41) is 6.11. The fourth-order valence-corrected chi connectivity index (χ4v) is 2.01. The van der Waals surface area contributed by atoms with Gasteiger partial charge >= 0.3 is 0 Å². The van der Waals surface area contributed by atoms with Gasteiger partial charge in [-0.15, -0.1) is 0 Å². The van der Waals surface area contributed by atoms with Gasteiger partial charge in [0.15, 0.2) is 0 Å². The lowest BCUT2D eigenvalue weighted by Crippen LogP contribution is -2.46. The average Bonchev–Trinajstić information content (AvgIpc) is 2.34. The molecule has 5 nitrogen and oxygen atoms in total. The molecule has 2 rings (SSSR count). The minimum atomic E-state index is -0.278. The topological polar surface area (TPSA) is 63.1 Å². The molecule has 0 aliphatic carbocycles. The van der Waals surface area contributed by atoms with Crippen LogP contribution in [0.3, 0.4) is 0 Å². The molecule has 17 heavy (non-hydrogen) atoms. The Labute approximate surface area is 99.8 Å². The van der Waals surface area contributed by atoms with Crippen molar-refractivity contribution in [3.05, 3.63) is 34.2 Å². The van der Waals surface area contributed by atoms with E-state index in [2.05, 4.69) is 10.6 Å². The molecule has 92 valence electrons. The second kappa shape index (κ2) is 5.14. The smallest absolute Gasteiger partial charge is 0.263 e. The molecule has 1 aliphatic heterocycles. The number of rotatable bonds is 2. The van der Waals surface area contributed by atoms with Crippen LogP contribution in [0.2, 0.25) is 0 Å². The lowest BCUT2D eigenvalue weighted by atomic mass is 10.1. The molecule has 5 heteroatoms. The Morgan fingerprint density at radius 1 is 1.59 bits per heavy atom. The summed E-state index contributed by atoms with van der Waals surface area (Å²) in [6.07, 6.45) is 3.66. The number of aryl methyl sites for hydroxylation is 1. The van der Waals surface area contributed by atoms with Crippen LogP contribution >= 0.6 is 0 Å². The molecule has 0 saturated carbocycles. The van der Waals surface area contributed by atoms with Gasteiger partial charge in [-0.25, -0.2) is 0 Å². The second-order valence-corrected chi connectivity index (χ2v) is 4.35. The normalized spacial score (nSPS) is 19.9. The minimum absolute atomic E-state index is 0.126. The van der Waals surface area contributed by atoms with Crippen molar-refractivity contribution >= 4 is 5.91 Å². The highest BCUT2D eigenvalue weighted by Crippen LogP contribution is 2.02. The van der Waals surface area contributed by atoms with E-state index in [-0.39, 0.29) is 23.1 Å². The van der Waals surface area contributed by atoms with Crippen molar-refractivity contribution in [1.82, 2.24) is 15.2 Å². The van der Waals surface area contributed by atoms with Crippen LogP contribution in [0.15, 0.2) is 23.1 Å². The van der Waals surface area contributed by atoms with Gasteiger partial charge in [0.2, 0.25) is 0 Å². The Bertz CT molecular complexity index is 461. The molecule has 2 heterocycles. The van der Waals surface area contributed by atoms with Crippen molar-refractivity contribution in [2.45, 2.75) is 18.9 Å². The van der Waals surface area contributed by atoms with Crippen molar-refractivity contribution in [2.75, 3.05) is 13.1 Å². The lowest BCUT2D eigenvalue weighted by molar-refractivity contribution is 0.0928. The molecule has 2 N–H and O–H groups in total. The second-order valence-electron chi connectivity index (χ2n) is 4.35. The highest BCUT2D eigenvalue weighted by Gasteiger charge is 2.18. The van der Waals surface area contributed by atoms with Crippen LogP contribution in [-0.4, -0.2) is 29.6 Å². The third kappa shape index (κ3) is 2.74. The molecule has 0 spiro atoms. The van der Waals surface area contributed by atoms with Gasteiger partial charge in [0.05, 0.1) is 0 Å². The van der Waals surface area contributed by atoms with E-state index in [9.17, 15) is 9.59 Å². The summed E-state index contributed by atoms with van der Waals surface area (Å²) in [4.78, 5) is 23.7. The Hall–Kier alpha value is -1.62. The zero-order valence-electron chi connectivity index (χ0n) is 9.90. The van der Waals surface area contributed by atoms with E-state index < -0.39 is 0 Å². The van der Waals surface area contributed by atoms with E-state index in [0.29, 0.717) is 0 Å². The molecule has 0 radical (unpaired) electrons. The summed E-state index contributed by atoms with van der Waals surface area (Å²) in [6, 6.07) is 3.39. The quantitative estimate of drug-likeness (QED) is 0.750. The Kier molecular flexibility index (Phi) is 3.58. The number of aromatic nitrogens is 1. The van der Waals surface area contributed by atoms with E-state index >= 15 is 0 Å². The predicted octanol–water partition coefficient (Wildman–Crippen LogP) is -0.133. The van der Waals surface area contributed by atoms with Crippen LogP contribution in [0, 0.1) is 0 Å². The molecular weight excluding hydrogens is 218 g/mol. The highest BCUT2D eigenvalue weighted by molar-refractivity contribution is 5.94. The van der Waals surface area contributed by atoms with Crippen LogP contribution in [0.25, 0.3) is 0 Å². The largest absolute Gasteiger partial charge is 0.348 e. The van der Waals surface area contributed by atoms with E-state index in [1.54, 1.807) is 25.4 Å². The first kappa shape index (κ1) is 11.9. The first-order valence-electron chi connectivity index (χ1n) is 5.85. The standard InChI is InChI=1S/C12H17N3O2/c1-15-7-3-5-10(12(15)17)11(16)14-9-4-2-6-13-8-9/h3,5,7,9,13H,2,4,6,8H2,1H3,(H,14,16)/t9-/m0/s1.